The number of ether oxygens (including phenoxy) is 1. The Morgan fingerprint density at radius 3 is 2.52 bits per heavy atom. The Morgan fingerprint density at radius 2 is 2.00 bits per heavy atom. The summed E-state index contributed by atoms with van der Waals surface area (Å²) in [6, 6.07) is 2.34. The van der Waals surface area contributed by atoms with E-state index in [2.05, 4.69) is 15.4 Å². The Balaban J connectivity index is 0.00000312. The maximum atomic E-state index is 12.8. The van der Waals surface area contributed by atoms with Crippen LogP contribution in [0.4, 0.5) is 24.5 Å². The minimum absolute atomic E-state index is 0. The number of hydrogen-bond acceptors (Lipinski definition) is 5. The van der Waals surface area contributed by atoms with Gasteiger partial charge in [0.25, 0.3) is 5.91 Å². The molecule has 1 saturated heterocycles. The number of carbonyl (C=O) groups is 1. The highest BCUT2D eigenvalue weighted by Gasteiger charge is 2.32. The summed E-state index contributed by atoms with van der Waals surface area (Å²) in [5, 5.41) is 5.20. The Labute approximate surface area is 148 Å². The van der Waals surface area contributed by atoms with Crippen LogP contribution in [0.25, 0.3) is 0 Å². The van der Waals surface area contributed by atoms with Crippen molar-refractivity contribution in [2.45, 2.75) is 12.3 Å². The molecule has 1 heterocycles. The monoisotopic (exact) mass is 403 g/mol. The van der Waals surface area contributed by atoms with Crippen molar-refractivity contribution in [2.24, 2.45) is 0 Å². The van der Waals surface area contributed by atoms with E-state index in [1.54, 1.807) is 0 Å². The Bertz CT molecular complexity index is 722. The zero-order valence-corrected chi connectivity index (χ0v) is 14.6. The number of sulfonamides is 1. The number of anilines is 2. The topological polar surface area (TPSA) is 96.5 Å². The minimum atomic E-state index is -4.63. The molecule has 0 radical (unpaired) electrons. The molecule has 1 fully saturated rings. The lowest BCUT2D eigenvalue weighted by Gasteiger charge is -2.23. The summed E-state index contributed by atoms with van der Waals surface area (Å²) in [5.74, 6) is -0.668. The molecule has 142 valence electrons. The highest BCUT2D eigenvalue weighted by Crippen LogP contribution is 2.34. The fourth-order valence-corrected chi connectivity index (χ4v) is 2.64. The predicted molar refractivity (Wildman–Crippen MR) is 88.4 cm³/mol. The molecule has 1 aromatic carbocycles. The van der Waals surface area contributed by atoms with Gasteiger partial charge in [-0.1, -0.05) is 0 Å². The normalized spacial score (nSPS) is 18.2. The van der Waals surface area contributed by atoms with E-state index in [0.717, 1.165) is 18.4 Å². The van der Waals surface area contributed by atoms with Crippen molar-refractivity contribution in [1.82, 2.24) is 5.32 Å². The van der Waals surface area contributed by atoms with Gasteiger partial charge in [0.15, 0.2) is 0 Å². The molecule has 1 amide bonds. The van der Waals surface area contributed by atoms with Gasteiger partial charge in [-0.3, -0.25) is 9.52 Å². The molecule has 1 aromatic rings. The van der Waals surface area contributed by atoms with Crippen molar-refractivity contribution in [3.05, 3.63) is 23.8 Å². The number of amides is 1. The molecule has 12 heteroatoms. The van der Waals surface area contributed by atoms with Gasteiger partial charge in [-0.15, -0.1) is 12.4 Å². The van der Waals surface area contributed by atoms with E-state index < -0.39 is 33.8 Å². The summed E-state index contributed by atoms with van der Waals surface area (Å²) in [6.45, 7) is 1.06. The third-order valence-electron chi connectivity index (χ3n) is 3.12. The molecule has 25 heavy (non-hydrogen) atoms. The molecule has 0 aliphatic carbocycles. The molecular weight excluding hydrogens is 387 g/mol. The number of alkyl halides is 3. The smallest absolute Gasteiger partial charge is 0.366 e. The molecule has 2 rings (SSSR count). The summed E-state index contributed by atoms with van der Waals surface area (Å²) >= 11 is 0. The van der Waals surface area contributed by atoms with Crippen LogP contribution >= 0.6 is 12.4 Å². The highest BCUT2D eigenvalue weighted by molar-refractivity contribution is 7.92. The van der Waals surface area contributed by atoms with E-state index in [4.69, 9.17) is 4.74 Å². The molecular formula is C13H17ClF3N3O4S. The van der Waals surface area contributed by atoms with E-state index in [0.29, 0.717) is 12.6 Å². The predicted octanol–water partition coefficient (Wildman–Crippen LogP) is 1.43. The molecule has 1 unspecified atom stereocenters. The van der Waals surface area contributed by atoms with Gasteiger partial charge in [-0.2, -0.15) is 13.2 Å². The average molecular weight is 404 g/mol. The van der Waals surface area contributed by atoms with Crippen LogP contribution in [0.3, 0.4) is 0 Å². The second-order valence-corrected chi connectivity index (χ2v) is 6.93. The first-order valence-electron chi connectivity index (χ1n) is 6.88. The molecule has 0 spiro atoms. The van der Waals surface area contributed by atoms with Crippen molar-refractivity contribution >= 4 is 39.7 Å². The van der Waals surface area contributed by atoms with E-state index in [9.17, 15) is 26.4 Å². The lowest BCUT2D eigenvalue weighted by Crippen LogP contribution is -2.45. The van der Waals surface area contributed by atoms with Gasteiger partial charge < -0.3 is 15.4 Å². The zero-order valence-electron chi connectivity index (χ0n) is 13.0. The van der Waals surface area contributed by atoms with E-state index in [-0.39, 0.29) is 36.9 Å². The fraction of sp³-hybridized carbons (Fsp3) is 0.462. The molecule has 1 aliphatic heterocycles. The fourth-order valence-electron chi connectivity index (χ4n) is 2.06. The first-order valence-corrected chi connectivity index (χ1v) is 8.77. The van der Waals surface area contributed by atoms with Crippen molar-refractivity contribution in [3.63, 3.8) is 0 Å². The first kappa shape index (κ1) is 21.5. The van der Waals surface area contributed by atoms with E-state index >= 15 is 0 Å². The van der Waals surface area contributed by atoms with Gasteiger partial charge in [-0.25, -0.2) is 8.42 Å². The van der Waals surface area contributed by atoms with Gasteiger partial charge in [0.05, 0.1) is 29.8 Å². The van der Waals surface area contributed by atoms with Crippen molar-refractivity contribution in [2.75, 3.05) is 36.0 Å². The van der Waals surface area contributed by atoms with Crippen molar-refractivity contribution in [1.29, 1.82) is 0 Å². The maximum Gasteiger partial charge on any atom is 0.416 e. The summed E-state index contributed by atoms with van der Waals surface area (Å²) in [4.78, 5) is 12.1. The van der Waals surface area contributed by atoms with Crippen molar-refractivity contribution < 1.29 is 31.1 Å². The molecule has 0 bridgehead atoms. The number of benzene rings is 1. The second-order valence-electron chi connectivity index (χ2n) is 5.19. The first-order chi connectivity index (χ1) is 11.1. The van der Waals surface area contributed by atoms with Crippen molar-refractivity contribution in [3.8, 4) is 0 Å². The van der Waals surface area contributed by atoms with Crippen LogP contribution in [0.1, 0.15) is 5.56 Å². The number of carbonyl (C=O) groups excluding carboxylic acids is 1. The Morgan fingerprint density at radius 1 is 1.32 bits per heavy atom. The second kappa shape index (κ2) is 8.21. The third-order valence-corrected chi connectivity index (χ3v) is 3.71. The number of halogens is 4. The van der Waals surface area contributed by atoms with Crippen LogP contribution < -0.4 is 15.4 Å². The molecule has 1 aliphatic rings. The zero-order chi connectivity index (χ0) is 18.0. The summed E-state index contributed by atoms with van der Waals surface area (Å²) in [6.07, 6.45) is -4.66. The highest BCUT2D eigenvalue weighted by atomic mass is 35.5. The van der Waals surface area contributed by atoms with E-state index in [1.807, 2.05) is 0 Å². The van der Waals surface area contributed by atoms with Crippen LogP contribution in [0.2, 0.25) is 0 Å². The van der Waals surface area contributed by atoms with Crippen LogP contribution in [0.5, 0.6) is 0 Å². The number of rotatable bonds is 4. The van der Waals surface area contributed by atoms with Crippen LogP contribution in [0.15, 0.2) is 18.2 Å². The molecule has 0 saturated carbocycles. The third kappa shape index (κ3) is 6.34. The Kier molecular flexibility index (Phi) is 7.06. The van der Waals surface area contributed by atoms with Gasteiger partial charge in [0.1, 0.15) is 6.10 Å². The lowest BCUT2D eigenvalue weighted by atomic mass is 10.1. The molecule has 3 N–H and O–H groups in total. The van der Waals surface area contributed by atoms with E-state index in [1.165, 1.54) is 0 Å². The van der Waals surface area contributed by atoms with Gasteiger partial charge >= 0.3 is 6.18 Å². The SMILES string of the molecule is CS(=O)(=O)Nc1ccc(C(F)(F)F)cc1NC(=O)C1CNCCO1.Cl. The number of morpholine rings is 1. The Hall–Kier alpha value is -1.56. The quantitative estimate of drug-likeness (QED) is 0.706. The average Bonchev–Trinajstić information content (AvgIpc) is 2.47. The molecule has 7 nitrogen and oxygen atoms in total. The number of hydrogen-bond donors (Lipinski definition) is 3. The van der Waals surface area contributed by atoms with Gasteiger partial charge in [-0.05, 0) is 18.2 Å². The standard InChI is InChI=1S/C13H16F3N3O4S.ClH/c1-24(21,22)19-9-3-2-8(13(14,15)16)6-10(9)18-12(20)11-7-17-4-5-23-11;/h2-3,6,11,17,19H,4-5,7H2,1H3,(H,18,20);1H. The van der Waals surface area contributed by atoms with Crippen LogP contribution in [-0.2, 0) is 25.7 Å². The summed E-state index contributed by atoms with van der Waals surface area (Å²) in [7, 11) is -3.73. The minimum Gasteiger partial charge on any atom is -0.366 e. The van der Waals surface area contributed by atoms with Gasteiger partial charge in [0, 0.05) is 13.1 Å². The lowest BCUT2D eigenvalue weighted by molar-refractivity contribution is -0.137. The summed E-state index contributed by atoms with van der Waals surface area (Å²) in [5.41, 5.74) is -1.48. The summed E-state index contributed by atoms with van der Waals surface area (Å²) < 4.78 is 68.5. The van der Waals surface area contributed by atoms with Crippen LogP contribution in [-0.4, -0.2) is 46.4 Å². The molecule has 1 atom stereocenters. The van der Waals surface area contributed by atoms with Gasteiger partial charge in [0.2, 0.25) is 10.0 Å². The largest absolute Gasteiger partial charge is 0.416 e. The molecule has 0 aromatic heterocycles. The van der Waals surface area contributed by atoms with Crippen LogP contribution in [0, 0.1) is 0 Å². The number of nitrogens with one attached hydrogen (secondary N) is 3. The maximum absolute atomic E-state index is 12.8.